The molecule has 0 radical (unpaired) electrons. The molecule has 2 heterocycles. The van der Waals surface area contributed by atoms with Gasteiger partial charge in [-0.3, -0.25) is 9.59 Å². The average Bonchev–Trinajstić information content (AvgIpc) is 3.34. The van der Waals surface area contributed by atoms with Crippen LogP contribution in [0, 0.1) is 5.92 Å². The number of carbonyl (C=O) groups is 3. The lowest BCUT2D eigenvalue weighted by Crippen LogP contribution is -2.63. The highest BCUT2D eigenvalue weighted by Gasteiger charge is 2.63. The number of nitrogens with one attached hydrogen (secondary N) is 1. The van der Waals surface area contributed by atoms with Gasteiger partial charge in [0.05, 0.1) is 12.5 Å². The second-order valence-electron chi connectivity index (χ2n) is 8.68. The Kier molecular flexibility index (Phi) is 5.44. The van der Waals surface area contributed by atoms with E-state index in [0.29, 0.717) is 13.2 Å². The van der Waals surface area contributed by atoms with Gasteiger partial charge >= 0.3 is 6.03 Å². The van der Waals surface area contributed by atoms with Gasteiger partial charge in [0.15, 0.2) is 0 Å². The van der Waals surface area contributed by atoms with Crippen molar-refractivity contribution in [2.24, 2.45) is 11.7 Å². The van der Waals surface area contributed by atoms with Crippen molar-refractivity contribution >= 4 is 23.5 Å². The number of urea groups is 1. The Morgan fingerprint density at radius 1 is 1.27 bits per heavy atom. The average molecular weight is 415 g/mol. The van der Waals surface area contributed by atoms with Crippen LogP contribution in [0.3, 0.4) is 0 Å². The highest BCUT2D eigenvalue weighted by Crippen LogP contribution is 2.52. The van der Waals surface area contributed by atoms with E-state index in [1.54, 1.807) is 23.8 Å². The number of likely N-dealkylation sites (tertiary alicyclic amines) is 1. The molecule has 1 aromatic carbocycles. The van der Waals surface area contributed by atoms with Crippen molar-refractivity contribution in [3.63, 3.8) is 0 Å². The van der Waals surface area contributed by atoms with E-state index >= 15 is 0 Å². The minimum Gasteiger partial charge on any atom is -0.383 e. The van der Waals surface area contributed by atoms with Gasteiger partial charge in [-0.1, -0.05) is 31.0 Å². The molecule has 30 heavy (non-hydrogen) atoms. The smallest absolute Gasteiger partial charge is 0.318 e. The van der Waals surface area contributed by atoms with Gasteiger partial charge in [0.25, 0.3) is 5.91 Å². The van der Waals surface area contributed by atoms with E-state index in [1.807, 2.05) is 24.3 Å². The van der Waals surface area contributed by atoms with Gasteiger partial charge in [0.1, 0.15) is 5.54 Å². The van der Waals surface area contributed by atoms with Crippen LogP contribution < -0.4 is 16.0 Å². The second kappa shape index (κ2) is 7.91. The highest BCUT2D eigenvalue weighted by atomic mass is 16.5. The Morgan fingerprint density at radius 2 is 1.97 bits per heavy atom. The monoisotopic (exact) mass is 414 g/mol. The van der Waals surface area contributed by atoms with E-state index in [-0.39, 0.29) is 24.5 Å². The maximum absolute atomic E-state index is 13.8. The number of hydrogen-bond acceptors (Lipinski definition) is 4. The number of amides is 4. The summed E-state index contributed by atoms with van der Waals surface area (Å²) < 4.78 is 5.21. The number of anilines is 1. The Bertz CT molecular complexity index is 853. The Hall–Kier alpha value is -2.61. The molecule has 162 valence electrons. The Labute approximate surface area is 176 Å². The summed E-state index contributed by atoms with van der Waals surface area (Å²) in [7, 11) is 1.59. The number of benzene rings is 1. The van der Waals surface area contributed by atoms with Gasteiger partial charge in [-0.15, -0.1) is 0 Å². The summed E-state index contributed by atoms with van der Waals surface area (Å²) >= 11 is 0. The van der Waals surface area contributed by atoms with E-state index in [9.17, 15) is 14.4 Å². The predicted octanol–water partition coefficient (Wildman–Crippen LogP) is 1.59. The van der Waals surface area contributed by atoms with Crippen LogP contribution >= 0.6 is 0 Å². The zero-order valence-corrected chi connectivity index (χ0v) is 17.6. The van der Waals surface area contributed by atoms with E-state index < -0.39 is 23.3 Å². The molecule has 1 aliphatic carbocycles. The fourth-order valence-electron chi connectivity index (χ4n) is 5.47. The fraction of sp³-hybridized carbons (Fsp3) is 0.591. The van der Waals surface area contributed by atoms with Gasteiger partial charge < -0.3 is 25.6 Å². The third-order valence-corrected chi connectivity index (χ3v) is 7.00. The number of fused-ring (bicyclic) bond motifs is 3. The quantitative estimate of drug-likeness (QED) is 0.763. The topological polar surface area (TPSA) is 105 Å². The lowest BCUT2D eigenvalue weighted by atomic mass is 9.72. The molecule has 1 saturated carbocycles. The van der Waals surface area contributed by atoms with Crippen molar-refractivity contribution in [1.29, 1.82) is 0 Å². The van der Waals surface area contributed by atoms with Gasteiger partial charge in [-0.2, -0.15) is 0 Å². The van der Waals surface area contributed by atoms with Crippen molar-refractivity contribution in [2.45, 2.75) is 50.1 Å². The summed E-state index contributed by atoms with van der Waals surface area (Å²) in [5.41, 5.74) is 6.20. The maximum atomic E-state index is 13.8. The number of nitrogens with zero attached hydrogens (tertiary/aromatic N) is 2. The molecule has 3 N–H and O–H groups in total. The molecule has 2 fully saturated rings. The minimum atomic E-state index is -1.19. The Morgan fingerprint density at radius 3 is 2.63 bits per heavy atom. The highest BCUT2D eigenvalue weighted by molar-refractivity contribution is 6.07. The number of carbonyl (C=O) groups excluding carboxylic acids is 3. The largest absolute Gasteiger partial charge is 0.383 e. The first-order chi connectivity index (χ1) is 14.4. The molecule has 0 unspecified atom stereocenters. The van der Waals surface area contributed by atoms with E-state index in [2.05, 4.69) is 5.32 Å². The van der Waals surface area contributed by atoms with Crippen LogP contribution in [0.25, 0.3) is 0 Å². The van der Waals surface area contributed by atoms with E-state index in [4.69, 9.17) is 10.5 Å². The molecule has 1 saturated heterocycles. The molecular formula is C22H30N4O4. The van der Waals surface area contributed by atoms with Crippen molar-refractivity contribution in [3.8, 4) is 0 Å². The van der Waals surface area contributed by atoms with Crippen molar-refractivity contribution in [2.75, 3.05) is 31.7 Å². The number of ether oxygens (including phenoxy) is 1. The summed E-state index contributed by atoms with van der Waals surface area (Å²) in [4.78, 5) is 42.7. The summed E-state index contributed by atoms with van der Waals surface area (Å²) in [6.45, 7) is 2.64. The van der Waals surface area contributed by atoms with Crippen LogP contribution in [-0.2, 0) is 14.3 Å². The van der Waals surface area contributed by atoms with Gasteiger partial charge in [0, 0.05) is 37.8 Å². The lowest BCUT2D eigenvalue weighted by molar-refractivity contribution is -0.128. The minimum absolute atomic E-state index is 0.114. The van der Waals surface area contributed by atoms with E-state index in [0.717, 1.165) is 36.9 Å². The first-order valence-corrected chi connectivity index (χ1v) is 10.7. The van der Waals surface area contributed by atoms with Crippen LogP contribution in [0.4, 0.5) is 10.5 Å². The first kappa shape index (κ1) is 20.7. The molecule has 2 aliphatic heterocycles. The molecule has 8 nitrogen and oxygen atoms in total. The molecule has 1 aromatic rings. The number of rotatable bonds is 5. The standard InChI is InChI=1S/C22H30N4O4/c1-22-18(15-9-5-6-10-17(15)25(20(22)28)11-12-30-2)16(19(23)27)13-26(22)21(29)24-14-7-3-4-8-14/h5-6,9-10,14,16,18H,3-4,7-8,11-13H2,1-2H3,(H2,23,27)(H,24,29)/t16-,18+,22-/m0/s1. The van der Waals surface area contributed by atoms with Crippen molar-refractivity contribution < 1.29 is 19.1 Å². The van der Waals surface area contributed by atoms with Gasteiger partial charge in [0.2, 0.25) is 5.91 Å². The van der Waals surface area contributed by atoms with E-state index in [1.165, 1.54) is 0 Å². The maximum Gasteiger partial charge on any atom is 0.318 e. The third kappa shape index (κ3) is 3.14. The molecule has 3 atom stereocenters. The van der Waals surface area contributed by atoms with Gasteiger partial charge in [-0.25, -0.2) is 4.79 Å². The molecule has 0 bridgehead atoms. The van der Waals surface area contributed by atoms with Crippen LogP contribution in [0.5, 0.6) is 0 Å². The van der Waals surface area contributed by atoms with Crippen LogP contribution in [0.1, 0.15) is 44.1 Å². The number of hydrogen-bond donors (Lipinski definition) is 2. The zero-order valence-electron chi connectivity index (χ0n) is 17.6. The van der Waals surface area contributed by atoms with Crippen LogP contribution in [0.2, 0.25) is 0 Å². The second-order valence-corrected chi connectivity index (χ2v) is 8.68. The number of primary amides is 1. The van der Waals surface area contributed by atoms with Crippen LogP contribution in [0.15, 0.2) is 24.3 Å². The molecule has 4 rings (SSSR count). The molecule has 8 heteroatoms. The van der Waals surface area contributed by atoms with Gasteiger partial charge in [-0.05, 0) is 31.4 Å². The van der Waals surface area contributed by atoms with Crippen LogP contribution in [-0.4, -0.2) is 61.1 Å². The zero-order chi connectivity index (χ0) is 21.5. The SMILES string of the molecule is COCCN1C(=O)[C@]2(C)[C@H](c3ccccc31)[C@@H](C(N)=O)CN2C(=O)NC1CCCC1. The molecule has 3 aliphatic rings. The molecule has 0 aromatic heterocycles. The third-order valence-electron chi connectivity index (χ3n) is 7.00. The lowest BCUT2D eigenvalue weighted by Gasteiger charge is -2.46. The number of para-hydroxylation sites is 1. The summed E-state index contributed by atoms with van der Waals surface area (Å²) in [5.74, 6) is -1.80. The first-order valence-electron chi connectivity index (χ1n) is 10.7. The van der Waals surface area contributed by atoms with Crippen molar-refractivity contribution in [3.05, 3.63) is 29.8 Å². The molecule has 4 amide bonds. The molecular weight excluding hydrogens is 384 g/mol. The normalized spacial score (nSPS) is 28.4. The predicted molar refractivity (Wildman–Crippen MR) is 112 cm³/mol. The fourth-order valence-corrected chi connectivity index (χ4v) is 5.47. The van der Waals surface area contributed by atoms with Crippen molar-refractivity contribution in [1.82, 2.24) is 10.2 Å². The molecule has 0 spiro atoms. The number of methoxy groups -OCH3 is 1. The summed E-state index contributed by atoms with van der Waals surface area (Å²) in [6.07, 6.45) is 4.06. The summed E-state index contributed by atoms with van der Waals surface area (Å²) in [6, 6.07) is 7.39. The Balaban J connectivity index is 1.77. The number of nitrogens with two attached hydrogens (primary N) is 1. The summed E-state index contributed by atoms with van der Waals surface area (Å²) in [5, 5.41) is 3.08.